The van der Waals surface area contributed by atoms with Gasteiger partial charge in [0, 0.05) is 36.9 Å². The second kappa shape index (κ2) is 10.7. The van der Waals surface area contributed by atoms with Gasteiger partial charge in [-0.1, -0.05) is 18.2 Å². The highest BCUT2D eigenvalue weighted by molar-refractivity contribution is 5.92. The van der Waals surface area contributed by atoms with Crippen molar-refractivity contribution in [3.63, 3.8) is 0 Å². The predicted molar refractivity (Wildman–Crippen MR) is 116 cm³/mol. The SMILES string of the molecule is CC(CC(=O)Nc1cccc(N2CCCC2)c1)NC(=O)Cc1ccc(OC(F)F)cc1. The molecule has 2 N–H and O–H groups in total. The van der Waals surface area contributed by atoms with Crippen molar-refractivity contribution in [2.45, 2.75) is 45.3 Å². The highest BCUT2D eigenvalue weighted by Crippen LogP contribution is 2.23. The first-order chi connectivity index (χ1) is 14.9. The molecule has 1 saturated heterocycles. The Kier molecular flexibility index (Phi) is 7.81. The van der Waals surface area contributed by atoms with Gasteiger partial charge in [-0.25, -0.2) is 0 Å². The lowest BCUT2D eigenvalue weighted by Crippen LogP contribution is -2.36. The molecule has 0 aromatic heterocycles. The minimum atomic E-state index is -2.89. The number of halogens is 2. The fourth-order valence-electron chi connectivity index (χ4n) is 3.60. The van der Waals surface area contributed by atoms with E-state index in [0.29, 0.717) is 5.56 Å². The largest absolute Gasteiger partial charge is 0.435 e. The average Bonchev–Trinajstić information content (AvgIpc) is 3.24. The van der Waals surface area contributed by atoms with Crippen LogP contribution in [-0.4, -0.2) is 37.6 Å². The summed E-state index contributed by atoms with van der Waals surface area (Å²) in [5, 5.41) is 5.68. The number of hydrogen-bond donors (Lipinski definition) is 2. The summed E-state index contributed by atoms with van der Waals surface area (Å²) in [6, 6.07) is 13.3. The maximum atomic E-state index is 12.4. The Morgan fingerprint density at radius 2 is 1.77 bits per heavy atom. The second-order valence-corrected chi connectivity index (χ2v) is 7.66. The number of rotatable bonds is 9. The monoisotopic (exact) mass is 431 g/mol. The minimum Gasteiger partial charge on any atom is -0.435 e. The van der Waals surface area contributed by atoms with Gasteiger partial charge in [-0.3, -0.25) is 9.59 Å². The number of nitrogens with zero attached hydrogens (tertiary/aromatic N) is 1. The van der Waals surface area contributed by atoms with Crippen molar-refractivity contribution < 1.29 is 23.1 Å². The van der Waals surface area contributed by atoms with Gasteiger partial charge in [-0.2, -0.15) is 8.78 Å². The standard InChI is InChI=1S/C23H27F2N3O3/c1-16(26-22(30)14-17-7-9-20(10-8-17)31-23(24)25)13-21(29)27-18-5-4-6-19(15-18)28-11-2-3-12-28/h4-10,15-16,23H,2-3,11-14H2,1H3,(H,26,30)(H,27,29). The smallest absolute Gasteiger partial charge is 0.387 e. The molecule has 0 saturated carbocycles. The fraction of sp³-hybridized carbons (Fsp3) is 0.391. The zero-order valence-corrected chi connectivity index (χ0v) is 17.4. The molecule has 0 radical (unpaired) electrons. The van der Waals surface area contributed by atoms with E-state index in [1.54, 1.807) is 19.1 Å². The number of benzene rings is 2. The van der Waals surface area contributed by atoms with Gasteiger partial charge in [0.15, 0.2) is 0 Å². The van der Waals surface area contributed by atoms with Crippen molar-refractivity contribution in [1.29, 1.82) is 0 Å². The van der Waals surface area contributed by atoms with Gasteiger partial charge in [0.25, 0.3) is 0 Å². The number of anilines is 2. The van der Waals surface area contributed by atoms with Crippen molar-refractivity contribution >= 4 is 23.2 Å². The van der Waals surface area contributed by atoms with Crippen LogP contribution < -0.4 is 20.3 Å². The summed E-state index contributed by atoms with van der Waals surface area (Å²) in [6.45, 7) is 0.937. The first-order valence-corrected chi connectivity index (χ1v) is 10.4. The van der Waals surface area contributed by atoms with Crippen LogP contribution in [-0.2, 0) is 16.0 Å². The molecule has 31 heavy (non-hydrogen) atoms. The summed E-state index contributed by atoms with van der Waals surface area (Å²) in [7, 11) is 0. The predicted octanol–water partition coefficient (Wildman–Crippen LogP) is 3.96. The summed E-state index contributed by atoms with van der Waals surface area (Å²) < 4.78 is 28.7. The van der Waals surface area contributed by atoms with Gasteiger partial charge < -0.3 is 20.3 Å². The molecule has 0 aliphatic carbocycles. The third kappa shape index (κ3) is 7.24. The minimum absolute atomic E-state index is 0.0398. The van der Waals surface area contributed by atoms with Gasteiger partial charge in [0.2, 0.25) is 11.8 Å². The average molecular weight is 431 g/mol. The van der Waals surface area contributed by atoms with E-state index in [-0.39, 0.29) is 36.4 Å². The molecule has 3 rings (SSSR count). The second-order valence-electron chi connectivity index (χ2n) is 7.66. The van der Waals surface area contributed by atoms with Crippen LogP contribution >= 0.6 is 0 Å². The van der Waals surface area contributed by atoms with E-state index in [1.807, 2.05) is 24.3 Å². The van der Waals surface area contributed by atoms with Crippen LogP contribution in [0.3, 0.4) is 0 Å². The topological polar surface area (TPSA) is 70.7 Å². The Balaban J connectivity index is 1.44. The van der Waals surface area contributed by atoms with E-state index in [2.05, 4.69) is 20.3 Å². The van der Waals surface area contributed by atoms with Crippen LogP contribution in [0.1, 0.15) is 31.7 Å². The van der Waals surface area contributed by atoms with E-state index in [9.17, 15) is 18.4 Å². The summed E-state index contributed by atoms with van der Waals surface area (Å²) in [4.78, 5) is 26.9. The van der Waals surface area contributed by atoms with E-state index in [0.717, 1.165) is 24.5 Å². The third-order valence-corrected chi connectivity index (χ3v) is 5.01. The normalized spacial score (nSPS) is 14.4. The van der Waals surface area contributed by atoms with Gasteiger partial charge in [0.05, 0.1) is 6.42 Å². The summed E-state index contributed by atoms with van der Waals surface area (Å²) in [5.41, 5.74) is 2.50. The van der Waals surface area contributed by atoms with Crippen molar-refractivity contribution in [3.8, 4) is 5.75 Å². The number of carbonyl (C=O) groups excluding carboxylic acids is 2. The Hall–Kier alpha value is -3.16. The molecule has 6 nitrogen and oxygen atoms in total. The van der Waals surface area contributed by atoms with Crippen LogP contribution in [0.2, 0.25) is 0 Å². The van der Waals surface area contributed by atoms with E-state index in [1.165, 1.54) is 25.0 Å². The summed E-state index contributed by atoms with van der Waals surface area (Å²) in [6.07, 6.45) is 2.59. The Labute approximate surface area is 180 Å². The molecule has 166 valence electrons. The lowest BCUT2D eigenvalue weighted by molar-refractivity contribution is -0.121. The number of carbonyl (C=O) groups is 2. The highest BCUT2D eigenvalue weighted by atomic mass is 19.3. The van der Waals surface area contributed by atoms with Crippen LogP contribution in [0.4, 0.5) is 20.2 Å². The van der Waals surface area contributed by atoms with Crippen molar-refractivity contribution in [2.24, 2.45) is 0 Å². The zero-order chi connectivity index (χ0) is 22.2. The van der Waals surface area contributed by atoms with Gasteiger partial charge >= 0.3 is 6.61 Å². The Morgan fingerprint density at radius 1 is 1.06 bits per heavy atom. The van der Waals surface area contributed by atoms with Gasteiger partial charge in [-0.05, 0) is 55.7 Å². The molecule has 1 aliphatic heterocycles. The highest BCUT2D eigenvalue weighted by Gasteiger charge is 2.15. The van der Waals surface area contributed by atoms with Gasteiger partial charge in [0.1, 0.15) is 5.75 Å². The molecule has 1 unspecified atom stereocenters. The number of ether oxygens (including phenoxy) is 1. The molecule has 1 aliphatic rings. The molecule has 1 atom stereocenters. The van der Waals surface area contributed by atoms with Crippen LogP contribution in [0.25, 0.3) is 0 Å². The lowest BCUT2D eigenvalue weighted by Gasteiger charge is -2.19. The number of hydrogen-bond acceptors (Lipinski definition) is 4. The van der Waals surface area contributed by atoms with Crippen LogP contribution in [0, 0.1) is 0 Å². The molecular formula is C23H27F2N3O3. The Bertz CT molecular complexity index is 884. The number of alkyl halides is 2. The lowest BCUT2D eigenvalue weighted by atomic mass is 10.1. The van der Waals surface area contributed by atoms with Crippen molar-refractivity contribution in [2.75, 3.05) is 23.3 Å². The number of amides is 2. The van der Waals surface area contributed by atoms with Gasteiger partial charge in [-0.15, -0.1) is 0 Å². The van der Waals surface area contributed by atoms with E-state index >= 15 is 0 Å². The summed E-state index contributed by atoms with van der Waals surface area (Å²) >= 11 is 0. The maximum absolute atomic E-state index is 12.4. The maximum Gasteiger partial charge on any atom is 0.387 e. The third-order valence-electron chi connectivity index (χ3n) is 5.01. The number of nitrogens with one attached hydrogen (secondary N) is 2. The molecule has 1 heterocycles. The Morgan fingerprint density at radius 3 is 2.45 bits per heavy atom. The van der Waals surface area contributed by atoms with Crippen LogP contribution in [0.5, 0.6) is 5.75 Å². The van der Waals surface area contributed by atoms with E-state index < -0.39 is 6.61 Å². The zero-order valence-electron chi connectivity index (χ0n) is 17.4. The molecule has 2 aromatic rings. The molecule has 0 spiro atoms. The quantitative estimate of drug-likeness (QED) is 0.631. The molecule has 2 aromatic carbocycles. The summed E-state index contributed by atoms with van der Waals surface area (Å²) in [5.74, 6) is -0.392. The fourth-order valence-corrected chi connectivity index (χ4v) is 3.60. The first-order valence-electron chi connectivity index (χ1n) is 10.4. The van der Waals surface area contributed by atoms with Crippen molar-refractivity contribution in [3.05, 3.63) is 54.1 Å². The van der Waals surface area contributed by atoms with E-state index in [4.69, 9.17) is 0 Å². The van der Waals surface area contributed by atoms with Crippen LogP contribution in [0.15, 0.2) is 48.5 Å². The van der Waals surface area contributed by atoms with Crippen molar-refractivity contribution in [1.82, 2.24) is 5.32 Å². The molecule has 1 fully saturated rings. The molecular weight excluding hydrogens is 404 g/mol. The first kappa shape index (κ1) is 22.5. The molecule has 2 amide bonds. The molecule has 0 bridgehead atoms. The molecule has 8 heteroatoms.